The Bertz CT molecular complexity index is 901. The van der Waals surface area contributed by atoms with Gasteiger partial charge in [0.15, 0.2) is 0 Å². The molecule has 2 N–H and O–H groups in total. The molecule has 2 aromatic carbocycles. The maximum atomic E-state index is 12.3. The first-order valence-corrected chi connectivity index (χ1v) is 10.1. The van der Waals surface area contributed by atoms with Gasteiger partial charge < -0.3 is 10.2 Å². The van der Waals surface area contributed by atoms with Crippen LogP contribution in [0.1, 0.15) is 6.42 Å². The van der Waals surface area contributed by atoms with E-state index in [1.165, 1.54) is 12.1 Å². The third-order valence-electron chi connectivity index (χ3n) is 4.33. The Morgan fingerprint density at radius 3 is 2.30 bits per heavy atom. The van der Waals surface area contributed by atoms with Gasteiger partial charge in [-0.1, -0.05) is 36.4 Å². The fourth-order valence-electron chi connectivity index (χ4n) is 2.94. The van der Waals surface area contributed by atoms with Gasteiger partial charge in [-0.15, -0.1) is 0 Å². The lowest BCUT2D eigenvalue weighted by Gasteiger charge is -2.16. The molecule has 2 aromatic rings. The van der Waals surface area contributed by atoms with Crippen molar-refractivity contribution in [2.45, 2.75) is 11.3 Å². The van der Waals surface area contributed by atoms with Gasteiger partial charge in [0.2, 0.25) is 21.8 Å². The second kappa shape index (κ2) is 8.32. The summed E-state index contributed by atoms with van der Waals surface area (Å²) in [6.07, 6.45) is 0.149. The fraction of sp³-hybridized carbons (Fsp3) is 0.263. The summed E-state index contributed by atoms with van der Waals surface area (Å²) in [4.78, 5) is 26.2. The van der Waals surface area contributed by atoms with Crippen molar-refractivity contribution in [1.29, 1.82) is 0 Å². The van der Waals surface area contributed by atoms with E-state index >= 15 is 0 Å². The second-order valence-corrected chi connectivity index (χ2v) is 8.01. The number of nitrogens with zero attached hydrogens (tertiary/aromatic N) is 1. The Morgan fingerprint density at radius 1 is 1.00 bits per heavy atom. The van der Waals surface area contributed by atoms with Crippen molar-refractivity contribution in [2.24, 2.45) is 5.92 Å². The fourth-order valence-corrected chi connectivity index (χ4v) is 3.99. The molecule has 27 heavy (non-hydrogen) atoms. The van der Waals surface area contributed by atoms with E-state index in [4.69, 9.17) is 0 Å². The minimum atomic E-state index is -3.59. The number of para-hydroxylation sites is 1. The zero-order valence-electron chi connectivity index (χ0n) is 14.7. The highest BCUT2D eigenvalue weighted by atomic mass is 32.2. The van der Waals surface area contributed by atoms with Crippen molar-refractivity contribution >= 4 is 27.5 Å². The minimum absolute atomic E-state index is 0.0754. The molecule has 0 bridgehead atoms. The van der Waals surface area contributed by atoms with Gasteiger partial charge in [-0.25, -0.2) is 13.1 Å². The van der Waals surface area contributed by atoms with Crippen LogP contribution in [-0.2, 0) is 19.6 Å². The number of nitrogens with one attached hydrogen (secondary N) is 2. The van der Waals surface area contributed by atoms with Gasteiger partial charge in [0.05, 0.1) is 10.8 Å². The number of hydrogen-bond donors (Lipinski definition) is 2. The van der Waals surface area contributed by atoms with Gasteiger partial charge in [-0.2, -0.15) is 0 Å². The first kappa shape index (κ1) is 19.1. The zero-order valence-corrected chi connectivity index (χ0v) is 15.5. The van der Waals surface area contributed by atoms with Crippen molar-refractivity contribution in [3.63, 3.8) is 0 Å². The van der Waals surface area contributed by atoms with Crippen LogP contribution in [0.5, 0.6) is 0 Å². The molecule has 0 radical (unpaired) electrons. The van der Waals surface area contributed by atoms with Crippen molar-refractivity contribution in [3.05, 3.63) is 60.7 Å². The molecule has 1 fully saturated rings. The highest BCUT2D eigenvalue weighted by Crippen LogP contribution is 2.24. The largest absolute Gasteiger partial charge is 0.354 e. The molecule has 1 saturated heterocycles. The van der Waals surface area contributed by atoms with E-state index in [9.17, 15) is 18.0 Å². The summed E-state index contributed by atoms with van der Waals surface area (Å²) in [5, 5.41) is 2.70. The third-order valence-corrected chi connectivity index (χ3v) is 5.81. The Morgan fingerprint density at radius 2 is 1.63 bits per heavy atom. The molecule has 0 aromatic heterocycles. The molecule has 1 aliphatic rings. The van der Waals surface area contributed by atoms with Crippen LogP contribution in [0.3, 0.4) is 0 Å². The summed E-state index contributed by atoms with van der Waals surface area (Å²) < 4.78 is 26.6. The van der Waals surface area contributed by atoms with Crippen LogP contribution >= 0.6 is 0 Å². The van der Waals surface area contributed by atoms with Crippen molar-refractivity contribution < 1.29 is 18.0 Å². The second-order valence-electron chi connectivity index (χ2n) is 6.24. The Labute approximate surface area is 158 Å². The zero-order chi connectivity index (χ0) is 19.3. The van der Waals surface area contributed by atoms with E-state index in [2.05, 4.69) is 10.0 Å². The van der Waals surface area contributed by atoms with Crippen LogP contribution in [0, 0.1) is 5.92 Å². The van der Waals surface area contributed by atoms with Gasteiger partial charge >= 0.3 is 0 Å². The van der Waals surface area contributed by atoms with Crippen molar-refractivity contribution in [1.82, 2.24) is 10.0 Å². The first-order valence-electron chi connectivity index (χ1n) is 8.65. The molecule has 0 spiro atoms. The van der Waals surface area contributed by atoms with Gasteiger partial charge in [-0.3, -0.25) is 9.59 Å². The number of benzene rings is 2. The molecule has 7 nitrogen and oxygen atoms in total. The molecule has 2 amide bonds. The topological polar surface area (TPSA) is 95.6 Å². The summed E-state index contributed by atoms with van der Waals surface area (Å²) in [6.45, 7) is 0.553. The van der Waals surface area contributed by atoms with Crippen LogP contribution in [0.25, 0.3) is 0 Å². The summed E-state index contributed by atoms with van der Waals surface area (Å²) >= 11 is 0. The number of sulfonamides is 1. The molecular formula is C19H21N3O4S. The molecular weight excluding hydrogens is 366 g/mol. The summed E-state index contributed by atoms with van der Waals surface area (Å²) in [5.74, 6) is -0.782. The number of carbonyl (C=O) groups is 2. The number of amides is 2. The summed E-state index contributed by atoms with van der Waals surface area (Å²) in [5.41, 5.74) is 0.772. The lowest BCUT2D eigenvalue weighted by Crippen LogP contribution is -2.38. The predicted octanol–water partition coefficient (Wildman–Crippen LogP) is 1.13. The average Bonchev–Trinajstić information content (AvgIpc) is 3.08. The van der Waals surface area contributed by atoms with E-state index in [1.807, 2.05) is 30.3 Å². The predicted molar refractivity (Wildman–Crippen MR) is 102 cm³/mol. The molecule has 3 rings (SSSR count). The Kier molecular flexibility index (Phi) is 5.88. The molecule has 8 heteroatoms. The van der Waals surface area contributed by atoms with Crippen LogP contribution in [0.2, 0.25) is 0 Å². The van der Waals surface area contributed by atoms with Crippen molar-refractivity contribution in [3.8, 4) is 0 Å². The summed E-state index contributed by atoms with van der Waals surface area (Å²) in [7, 11) is -3.59. The third kappa shape index (κ3) is 4.72. The van der Waals surface area contributed by atoms with Gasteiger partial charge in [0.1, 0.15) is 0 Å². The maximum Gasteiger partial charge on any atom is 0.240 e. The number of hydrogen-bond acceptors (Lipinski definition) is 4. The SMILES string of the molecule is O=C(NCCNS(=O)(=O)c1ccccc1)C1CC(=O)N(c2ccccc2)C1. The molecule has 0 aliphatic carbocycles. The molecule has 1 unspecified atom stereocenters. The van der Waals surface area contributed by atoms with Gasteiger partial charge in [-0.05, 0) is 24.3 Å². The molecule has 142 valence electrons. The first-order chi connectivity index (χ1) is 13.0. The lowest BCUT2D eigenvalue weighted by molar-refractivity contribution is -0.126. The Balaban J connectivity index is 1.47. The minimum Gasteiger partial charge on any atom is -0.354 e. The molecule has 1 heterocycles. The van der Waals surface area contributed by atoms with E-state index in [0.717, 1.165) is 5.69 Å². The van der Waals surface area contributed by atoms with E-state index in [1.54, 1.807) is 23.1 Å². The standard InChI is InChI=1S/C19H21N3O4S/c23-18-13-15(14-22(18)16-7-3-1-4-8-16)19(24)20-11-12-21-27(25,26)17-9-5-2-6-10-17/h1-10,15,21H,11-14H2,(H,20,24). The number of rotatable bonds is 7. The van der Waals surface area contributed by atoms with E-state index in [-0.39, 0.29) is 36.2 Å². The lowest BCUT2D eigenvalue weighted by atomic mass is 10.1. The Hall–Kier alpha value is -2.71. The number of carbonyl (C=O) groups excluding carboxylic acids is 2. The van der Waals surface area contributed by atoms with Crippen LogP contribution in [-0.4, -0.2) is 39.9 Å². The normalized spacial score (nSPS) is 17.1. The van der Waals surface area contributed by atoms with Crippen LogP contribution in [0.15, 0.2) is 65.6 Å². The van der Waals surface area contributed by atoms with Gasteiger partial charge in [0, 0.05) is 31.7 Å². The molecule has 0 saturated carbocycles. The average molecular weight is 387 g/mol. The highest BCUT2D eigenvalue weighted by Gasteiger charge is 2.34. The van der Waals surface area contributed by atoms with E-state index < -0.39 is 15.9 Å². The molecule has 1 aliphatic heterocycles. The number of anilines is 1. The quantitative estimate of drug-likeness (QED) is 0.697. The van der Waals surface area contributed by atoms with Crippen LogP contribution in [0.4, 0.5) is 5.69 Å². The smallest absolute Gasteiger partial charge is 0.240 e. The summed E-state index contributed by atoms with van der Waals surface area (Å²) in [6, 6.07) is 17.2. The molecule has 1 atom stereocenters. The maximum absolute atomic E-state index is 12.3. The highest BCUT2D eigenvalue weighted by molar-refractivity contribution is 7.89. The van der Waals surface area contributed by atoms with Gasteiger partial charge in [0.25, 0.3) is 0 Å². The van der Waals surface area contributed by atoms with Crippen LogP contribution < -0.4 is 14.9 Å². The van der Waals surface area contributed by atoms with Crippen molar-refractivity contribution in [2.75, 3.05) is 24.5 Å². The van der Waals surface area contributed by atoms with E-state index in [0.29, 0.717) is 6.54 Å². The monoisotopic (exact) mass is 387 g/mol.